The molecular formula is C16H16ClF3N4O3S. The van der Waals surface area contributed by atoms with Crippen LogP contribution in [0.1, 0.15) is 18.4 Å². The number of carbonyl (C=O) groups is 1. The fourth-order valence-electron chi connectivity index (χ4n) is 2.95. The summed E-state index contributed by atoms with van der Waals surface area (Å²) in [5, 5.41) is 8.38. The molecule has 1 aliphatic rings. The number of benzene rings is 1. The summed E-state index contributed by atoms with van der Waals surface area (Å²) in [6.07, 6.45) is -2.79. The maximum atomic E-state index is 13.0. The molecule has 2 heterocycles. The van der Waals surface area contributed by atoms with Crippen LogP contribution in [0.5, 0.6) is 0 Å². The van der Waals surface area contributed by atoms with Gasteiger partial charge in [-0.15, -0.1) is 0 Å². The monoisotopic (exact) mass is 436 g/mol. The van der Waals surface area contributed by atoms with Crippen molar-refractivity contribution >= 4 is 33.3 Å². The predicted molar refractivity (Wildman–Crippen MR) is 95.2 cm³/mol. The van der Waals surface area contributed by atoms with Gasteiger partial charge in [0.25, 0.3) is 0 Å². The zero-order chi connectivity index (χ0) is 20.5. The Kier molecular flexibility index (Phi) is 5.69. The van der Waals surface area contributed by atoms with Gasteiger partial charge in [-0.05, 0) is 31.0 Å². The lowest BCUT2D eigenvalue weighted by molar-refractivity contribution is -0.137. The van der Waals surface area contributed by atoms with Gasteiger partial charge in [-0.1, -0.05) is 11.6 Å². The first-order valence-corrected chi connectivity index (χ1v) is 10.1. The SMILES string of the molecule is O=C(Nc1ccn[nH]1)C1CCN(S(=O)(=O)c2ccc(Cl)c(C(F)(F)F)c2)CC1. The van der Waals surface area contributed by atoms with E-state index in [4.69, 9.17) is 11.6 Å². The number of rotatable bonds is 4. The summed E-state index contributed by atoms with van der Waals surface area (Å²) in [4.78, 5) is 11.7. The minimum Gasteiger partial charge on any atom is -0.311 e. The van der Waals surface area contributed by atoms with Crippen LogP contribution in [0.3, 0.4) is 0 Å². The topological polar surface area (TPSA) is 95.2 Å². The molecular weight excluding hydrogens is 421 g/mol. The molecule has 3 rings (SSSR count). The number of piperidine rings is 1. The highest BCUT2D eigenvalue weighted by atomic mass is 35.5. The van der Waals surface area contributed by atoms with E-state index in [1.165, 1.54) is 6.20 Å². The number of hydrogen-bond donors (Lipinski definition) is 2. The number of aromatic nitrogens is 2. The molecule has 1 saturated heterocycles. The average molecular weight is 437 g/mol. The molecule has 2 N–H and O–H groups in total. The maximum absolute atomic E-state index is 13.0. The van der Waals surface area contributed by atoms with Crippen molar-refractivity contribution in [1.29, 1.82) is 0 Å². The van der Waals surface area contributed by atoms with Crippen molar-refractivity contribution in [3.05, 3.63) is 41.0 Å². The van der Waals surface area contributed by atoms with E-state index < -0.39 is 37.6 Å². The third-order valence-electron chi connectivity index (χ3n) is 4.46. The molecule has 12 heteroatoms. The van der Waals surface area contributed by atoms with E-state index in [1.807, 2.05) is 0 Å². The molecule has 0 radical (unpaired) electrons. The standard InChI is InChI=1S/C16H16ClF3N4O3S/c17-13-2-1-11(9-12(13)16(18,19)20)28(26,27)24-7-4-10(5-8-24)15(25)22-14-3-6-21-23-14/h1-3,6,9-10H,4-5,7-8H2,(H2,21,22,23,25). The zero-order valence-corrected chi connectivity index (χ0v) is 15.9. The molecule has 0 atom stereocenters. The van der Waals surface area contributed by atoms with Crippen LogP contribution >= 0.6 is 11.6 Å². The Hall–Kier alpha value is -2.11. The van der Waals surface area contributed by atoms with Crippen LogP contribution in [0.25, 0.3) is 0 Å². The van der Waals surface area contributed by atoms with Gasteiger partial charge in [0.05, 0.1) is 21.7 Å². The molecule has 1 aliphatic heterocycles. The Labute approximate surface area is 163 Å². The van der Waals surface area contributed by atoms with Crippen molar-refractivity contribution in [2.45, 2.75) is 23.9 Å². The minimum atomic E-state index is -4.76. The van der Waals surface area contributed by atoms with E-state index in [0.717, 1.165) is 16.4 Å². The Bertz CT molecular complexity index is 956. The lowest BCUT2D eigenvalue weighted by atomic mass is 9.97. The van der Waals surface area contributed by atoms with Crippen LogP contribution in [0.2, 0.25) is 5.02 Å². The zero-order valence-electron chi connectivity index (χ0n) is 14.3. The molecule has 1 fully saturated rings. The van der Waals surface area contributed by atoms with Gasteiger partial charge in [0.15, 0.2) is 0 Å². The van der Waals surface area contributed by atoms with Gasteiger partial charge in [-0.3, -0.25) is 9.89 Å². The molecule has 152 valence electrons. The molecule has 0 unspecified atom stereocenters. The van der Waals surface area contributed by atoms with Crippen molar-refractivity contribution in [2.75, 3.05) is 18.4 Å². The number of nitrogens with zero attached hydrogens (tertiary/aromatic N) is 2. The highest BCUT2D eigenvalue weighted by Gasteiger charge is 2.37. The molecule has 0 aliphatic carbocycles. The first-order chi connectivity index (χ1) is 13.1. The minimum absolute atomic E-state index is 0.0212. The molecule has 7 nitrogen and oxygen atoms in total. The molecule has 2 aromatic rings. The van der Waals surface area contributed by atoms with E-state index in [1.54, 1.807) is 6.07 Å². The highest BCUT2D eigenvalue weighted by Crippen LogP contribution is 2.36. The largest absolute Gasteiger partial charge is 0.417 e. The Morgan fingerprint density at radius 3 is 2.50 bits per heavy atom. The summed E-state index contributed by atoms with van der Waals surface area (Å²) in [7, 11) is -4.13. The summed E-state index contributed by atoms with van der Waals surface area (Å²) < 4.78 is 65.5. The van der Waals surface area contributed by atoms with E-state index in [0.29, 0.717) is 11.9 Å². The Morgan fingerprint density at radius 2 is 1.93 bits per heavy atom. The molecule has 0 spiro atoms. The van der Waals surface area contributed by atoms with Gasteiger partial charge >= 0.3 is 6.18 Å². The molecule has 0 saturated carbocycles. The van der Waals surface area contributed by atoms with Gasteiger partial charge in [0, 0.05) is 25.1 Å². The summed E-state index contributed by atoms with van der Waals surface area (Å²) in [6, 6.07) is 4.08. The van der Waals surface area contributed by atoms with Crippen molar-refractivity contribution in [2.24, 2.45) is 5.92 Å². The van der Waals surface area contributed by atoms with E-state index >= 15 is 0 Å². The molecule has 1 aromatic heterocycles. The fourth-order valence-corrected chi connectivity index (χ4v) is 4.67. The number of halogens is 4. The van der Waals surface area contributed by atoms with Crippen molar-refractivity contribution in [3.63, 3.8) is 0 Å². The number of aromatic amines is 1. The lowest BCUT2D eigenvalue weighted by Gasteiger charge is -2.30. The number of hydrogen-bond acceptors (Lipinski definition) is 4. The molecule has 0 bridgehead atoms. The Balaban J connectivity index is 1.70. The van der Waals surface area contributed by atoms with Gasteiger partial charge in [-0.2, -0.15) is 22.6 Å². The Morgan fingerprint density at radius 1 is 1.25 bits per heavy atom. The normalized spacial score (nSPS) is 16.9. The number of H-pyrrole nitrogens is 1. The third kappa shape index (κ3) is 4.31. The number of alkyl halides is 3. The van der Waals surface area contributed by atoms with Gasteiger partial charge in [0.1, 0.15) is 5.82 Å². The number of carbonyl (C=O) groups excluding carboxylic acids is 1. The summed E-state index contributed by atoms with van der Waals surface area (Å²) in [6.45, 7) is 0.0424. The molecule has 1 aromatic carbocycles. The van der Waals surface area contributed by atoms with Crippen LogP contribution < -0.4 is 5.32 Å². The second-order valence-corrected chi connectivity index (χ2v) is 8.62. The molecule has 1 amide bonds. The number of sulfonamides is 1. The van der Waals surface area contributed by atoms with Crippen molar-refractivity contribution in [3.8, 4) is 0 Å². The number of nitrogens with one attached hydrogen (secondary N) is 2. The maximum Gasteiger partial charge on any atom is 0.417 e. The highest BCUT2D eigenvalue weighted by molar-refractivity contribution is 7.89. The first-order valence-electron chi connectivity index (χ1n) is 8.26. The van der Waals surface area contributed by atoms with E-state index in [9.17, 15) is 26.4 Å². The van der Waals surface area contributed by atoms with Crippen LogP contribution in [0.4, 0.5) is 19.0 Å². The second-order valence-electron chi connectivity index (χ2n) is 6.28. The molecule has 28 heavy (non-hydrogen) atoms. The van der Waals surface area contributed by atoms with Crippen molar-refractivity contribution < 1.29 is 26.4 Å². The van der Waals surface area contributed by atoms with Crippen LogP contribution in [-0.4, -0.2) is 41.9 Å². The van der Waals surface area contributed by atoms with E-state index in [-0.39, 0.29) is 31.8 Å². The average Bonchev–Trinajstić information content (AvgIpc) is 3.14. The summed E-state index contributed by atoms with van der Waals surface area (Å²) in [5.74, 6) is -0.251. The number of amides is 1. The third-order valence-corrected chi connectivity index (χ3v) is 6.69. The lowest BCUT2D eigenvalue weighted by Crippen LogP contribution is -2.41. The predicted octanol–water partition coefficient (Wildman–Crippen LogP) is 3.12. The van der Waals surface area contributed by atoms with Crippen molar-refractivity contribution in [1.82, 2.24) is 14.5 Å². The van der Waals surface area contributed by atoms with Crippen LogP contribution in [0.15, 0.2) is 35.4 Å². The van der Waals surface area contributed by atoms with Gasteiger partial charge < -0.3 is 5.32 Å². The smallest absolute Gasteiger partial charge is 0.311 e. The van der Waals surface area contributed by atoms with E-state index in [2.05, 4.69) is 15.5 Å². The summed E-state index contributed by atoms with van der Waals surface area (Å²) in [5.41, 5.74) is -1.20. The van der Waals surface area contributed by atoms with Crippen LogP contribution in [-0.2, 0) is 21.0 Å². The van der Waals surface area contributed by atoms with Gasteiger partial charge in [0.2, 0.25) is 15.9 Å². The number of anilines is 1. The fraction of sp³-hybridized carbons (Fsp3) is 0.375. The quantitative estimate of drug-likeness (QED) is 0.769. The van der Waals surface area contributed by atoms with Gasteiger partial charge in [-0.25, -0.2) is 8.42 Å². The van der Waals surface area contributed by atoms with Crippen LogP contribution in [0, 0.1) is 5.92 Å². The first kappa shape index (κ1) is 20.6. The summed E-state index contributed by atoms with van der Waals surface area (Å²) >= 11 is 5.55. The second kappa shape index (κ2) is 7.72.